The molecule has 0 atom stereocenters. The first kappa shape index (κ1) is 11.2. The molecule has 1 rings (SSSR count). The van der Waals surface area contributed by atoms with Gasteiger partial charge in [-0.2, -0.15) is 0 Å². The standard InChI is InChI=1S/C11H13ClO2/c1-11(2,14)7-10(13)8-4-3-5-9(12)6-8/h3-6,14H,7H2,1-2H3. The Morgan fingerprint density at radius 1 is 1.50 bits per heavy atom. The van der Waals surface area contributed by atoms with Crippen molar-refractivity contribution < 1.29 is 9.90 Å². The van der Waals surface area contributed by atoms with Gasteiger partial charge in [-0.25, -0.2) is 0 Å². The molecule has 0 unspecified atom stereocenters. The normalized spacial score (nSPS) is 11.4. The van der Waals surface area contributed by atoms with Crippen molar-refractivity contribution in [2.45, 2.75) is 25.9 Å². The molecule has 1 aromatic carbocycles. The second-order valence-corrected chi connectivity index (χ2v) is 4.36. The number of hydrogen-bond acceptors (Lipinski definition) is 2. The zero-order valence-electron chi connectivity index (χ0n) is 8.25. The number of aliphatic hydroxyl groups is 1. The molecule has 0 amide bonds. The summed E-state index contributed by atoms with van der Waals surface area (Å²) in [6.07, 6.45) is 0.105. The summed E-state index contributed by atoms with van der Waals surface area (Å²) in [4.78, 5) is 11.6. The van der Waals surface area contributed by atoms with Crippen molar-refractivity contribution in [2.75, 3.05) is 0 Å². The van der Waals surface area contributed by atoms with Gasteiger partial charge in [0.1, 0.15) is 0 Å². The van der Waals surface area contributed by atoms with Gasteiger partial charge in [0.05, 0.1) is 5.60 Å². The van der Waals surface area contributed by atoms with Crippen LogP contribution in [0.3, 0.4) is 0 Å². The molecule has 0 saturated heterocycles. The quantitative estimate of drug-likeness (QED) is 0.783. The molecule has 0 aliphatic carbocycles. The molecule has 0 aliphatic rings. The summed E-state index contributed by atoms with van der Waals surface area (Å²) >= 11 is 5.75. The van der Waals surface area contributed by atoms with Crippen LogP contribution in [0.1, 0.15) is 30.6 Å². The number of ketones is 1. The largest absolute Gasteiger partial charge is 0.390 e. The third kappa shape index (κ3) is 3.48. The van der Waals surface area contributed by atoms with E-state index in [0.717, 1.165) is 0 Å². The number of benzene rings is 1. The van der Waals surface area contributed by atoms with Crippen LogP contribution >= 0.6 is 11.6 Å². The van der Waals surface area contributed by atoms with Gasteiger partial charge in [-0.1, -0.05) is 23.7 Å². The Morgan fingerprint density at radius 2 is 2.14 bits per heavy atom. The zero-order valence-corrected chi connectivity index (χ0v) is 9.01. The van der Waals surface area contributed by atoms with Crippen LogP contribution in [0, 0.1) is 0 Å². The van der Waals surface area contributed by atoms with Gasteiger partial charge < -0.3 is 5.11 Å². The van der Waals surface area contributed by atoms with Crippen LogP contribution < -0.4 is 0 Å². The SMILES string of the molecule is CC(C)(O)CC(=O)c1cccc(Cl)c1. The van der Waals surface area contributed by atoms with Crippen molar-refractivity contribution in [2.24, 2.45) is 0 Å². The second kappa shape index (κ2) is 4.11. The van der Waals surface area contributed by atoms with Crippen molar-refractivity contribution >= 4 is 17.4 Å². The molecule has 3 heteroatoms. The minimum absolute atomic E-state index is 0.0972. The summed E-state index contributed by atoms with van der Waals surface area (Å²) < 4.78 is 0. The van der Waals surface area contributed by atoms with Crippen LogP contribution in [0.2, 0.25) is 5.02 Å². The van der Waals surface area contributed by atoms with E-state index in [4.69, 9.17) is 11.6 Å². The Balaban J connectivity index is 2.80. The lowest BCUT2D eigenvalue weighted by Crippen LogP contribution is -2.23. The smallest absolute Gasteiger partial charge is 0.165 e. The highest BCUT2D eigenvalue weighted by atomic mass is 35.5. The van der Waals surface area contributed by atoms with E-state index in [2.05, 4.69) is 0 Å². The highest BCUT2D eigenvalue weighted by molar-refractivity contribution is 6.31. The van der Waals surface area contributed by atoms with E-state index in [0.29, 0.717) is 10.6 Å². The average molecular weight is 213 g/mol. The number of Topliss-reactive ketones (excluding diaryl/α,β-unsaturated/α-hetero) is 1. The van der Waals surface area contributed by atoms with Gasteiger partial charge in [0.25, 0.3) is 0 Å². The monoisotopic (exact) mass is 212 g/mol. The van der Waals surface area contributed by atoms with Gasteiger partial charge in [0, 0.05) is 17.0 Å². The lowest BCUT2D eigenvalue weighted by atomic mass is 9.98. The molecule has 76 valence electrons. The lowest BCUT2D eigenvalue weighted by molar-refractivity contribution is 0.0587. The molecular weight excluding hydrogens is 200 g/mol. The molecule has 0 aliphatic heterocycles. The maximum absolute atomic E-state index is 11.6. The first-order valence-corrected chi connectivity index (χ1v) is 4.77. The second-order valence-electron chi connectivity index (χ2n) is 3.92. The highest BCUT2D eigenvalue weighted by Crippen LogP contribution is 2.16. The van der Waals surface area contributed by atoms with Crippen LogP contribution in [0.5, 0.6) is 0 Å². The Labute approximate surface area is 88.5 Å². The first-order chi connectivity index (χ1) is 6.38. The fourth-order valence-corrected chi connectivity index (χ4v) is 1.35. The van der Waals surface area contributed by atoms with Gasteiger partial charge in [-0.3, -0.25) is 4.79 Å². The predicted molar refractivity (Wildman–Crippen MR) is 56.7 cm³/mol. The van der Waals surface area contributed by atoms with E-state index in [9.17, 15) is 9.90 Å². The molecule has 1 aromatic rings. The Bertz CT molecular complexity index is 339. The van der Waals surface area contributed by atoms with Crippen molar-refractivity contribution in [3.8, 4) is 0 Å². The Kier molecular flexibility index (Phi) is 3.29. The van der Waals surface area contributed by atoms with E-state index in [1.807, 2.05) is 0 Å². The molecule has 14 heavy (non-hydrogen) atoms. The summed E-state index contributed by atoms with van der Waals surface area (Å²) in [5.74, 6) is -0.0972. The van der Waals surface area contributed by atoms with Crippen molar-refractivity contribution in [1.29, 1.82) is 0 Å². The fourth-order valence-electron chi connectivity index (χ4n) is 1.16. The molecule has 0 aromatic heterocycles. The molecule has 0 saturated carbocycles. The first-order valence-electron chi connectivity index (χ1n) is 4.40. The number of carbonyl (C=O) groups is 1. The summed E-state index contributed by atoms with van der Waals surface area (Å²) in [5.41, 5.74) is -0.431. The van der Waals surface area contributed by atoms with E-state index in [-0.39, 0.29) is 12.2 Å². The van der Waals surface area contributed by atoms with Gasteiger partial charge in [0.2, 0.25) is 0 Å². The van der Waals surface area contributed by atoms with Crippen LogP contribution in [-0.4, -0.2) is 16.5 Å². The van der Waals surface area contributed by atoms with Crippen molar-refractivity contribution in [3.63, 3.8) is 0 Å². The van der Waals surface area contributed by atoms with E-state index in [1.165, 1.54) is 0 Å². The van der Waals surface area contributed by atoms with Gasteiger partial charge in [-0.15, -0.1) is 0 Å². The maximum Gasteiger partial charge on any atom is 0.165 e. The third-order valence-corrected chi connectivity index (χ3v) is 1.97. The molecule has 2 nitrogen and oxygen atoms in total. The molecule has 1 N–H and O–H groups in total. The summed E-state index contributed by atoms with van der Waals surface area (Å²) in [5, 5.41) is 10.00. The number of rotatable bonds is 3. The topological polar surface area (TPSA) is 37.3 Å². The van der Waals surface area contributed by atoms with Crippen LogP contribution in [0.4, 0.5) is 0 Å². The van der Waals surface area contributed by atoms with Crippen molar-refractivity contribution in [3.05, 3.63) is 34.9 Å². The maximum atomic E-state index is 11.6. The fraction of sp³-hybridized carbons (Fsp3) is 0.364. The van der Waals surface area contributed by atoms with Crippen molar-refractivity contribution in [1.82, 2.24) is 0 Å². The number of carbonyl (C=O) groups excluding carboxylic acids is 1. The van der Waals surface area contributed by atoms with E-state index in [1.54, 1.807) is 38.1 Å². The number of hydrogen-bond donors (Lipinski definition) is 1. The molecular formula is C11H13ClO2. The zero-order chi connectivity index (χ0) is 10.8. The third-order valence-electron chi connectivity index (χ3n) is 1.74. The van der Waals surface area contributed by atoms with Gasteiger partial charge in [-0.05, 0) is 26.0 Å². The molecule has 0 bridgehead atoms. The average Bonchev–Trinajstić information content (AvgIpc) is 2.01. The molecule has 0 heterocycles. The van der Waals surface area contributed by atoms with Crippen LogP contribution in [-0.2, 0) is 0 Å². The molecule has 0 fully saturated rings. The summed E-state index contributed by atoms with van der Waals surface area (Å²) in [6.45, 7) is 3.21. The lowest BCUT2D eigenvalue weighted by Gasteiger charge is -2.15. The predicted octanol–water partition coefficient (Wildman–Crippen LogP) is 2.68. The van der Waals surface area contributed by atoms with Gasteiger partial charge >= 0.3 is 0 Å². The van der Waals surface area contributed by atoms with Crippen LogP contribution in [0.25, 0.3) is 0 Å². The number of halogens is 1. The van der Waals surface area contributed by atoms with Crippen LogP contribution in [0.15, 0.2) is 24.3 Å². The van der Waals surface area contributed by atoms with E-state index >= 15 is 0 Å². The summed E-state index contributed by atoms with van der Waals surface area (Å²) in [7, 11) is 0. The van der Waals surface area contributed by atoms with E-state index < -0.39 is 5.60 Å². The van der Waals surface area contributed by atoms with Gasteiger partial charge in [0.15, 0.2) is 5.78 Å². The minimum atomic E-state index is -0.973. The Hall–Kier alpha value is -0.860. The summed E-state index contributed by atoms with van der Waals surface area (Å²) in [6, 6.07) is 6.73. The molecule has 0 spiro atoms. The Morgan fingerprint density at radius 3 is 2.64 bits per heavy atom. The highest BCUT2D eigenvalue weighted by Gasteiger charge is 2.18. The minimum Gasteiger partial charge on any atom is -0.390 e. The molecule has 0 radical (unpaired) electrons.